The van der Waals surface area contributed by atoms with Crippen LogP contribution in [-0.4, -0.2) is 56.9 Å². The molecule has 1 aromatic heterocycles. The molecule has 2 heterocycles. The molecule has 158 valence electrons. The highest BCUT2D eigenvalue weighted by Gasteiger charge is 2.25. The molecule has 0 saturated carbocycles. The third kappa shape index (κ3) is 6.95. The summed E-state index contributed by atoms with van der Waals surface area (Å²) in [6, 6.07) is 12.2. The van der Waals surface area contributed by atoms with E-state index in [2.05, 4.69) is 38.5 Å². The number of hydrogen-bond donors (Lipinski definition) is 2. The summed E-state index contributed by atoms with van der Waals surface area (Å²) in [6.45, 7) is 5.88. The van der Waals surface area contributed by atoms with Crippen LogP contribution in [0.5, 0.6) is 11.5 Å². The smallest absolute Gasteiger partial charge is 0.191 e. The number of pyridine rings is 1. The van der Waals surface area contributed by atoms with Crippen molar-refractivity contribution in [3.8, 4) is 11.5 Å². The van der Waals surface area contributed by atoms with Crippen LogP contribution in [0.2, 0.25) is 0 Å². The summed E-state index contributed by atoms with van der Waals surface area (Å²) >= 11 is 0. The van der Waals surface area contributed by atoms with Gasteiger partial charge in [-0.1, -0.05) is 12.1 Å². The van der Waals surface area contributed by atoms with Gasteiger partial charge in [-0.3, -0.25) is 4.98 Å². The lowest BCUT2D eigenvalue weighted by molar-refractivity contribution is 0.327. The van der Waals surface area contributed by atoms with E-state index in [9.17, 15) is 0 Å². The number of guanidine groups is 1. The van der Waals surface area contributed by atoms with Gasteiger partial charge in [0.1, 0.15) is 18.1 Å². The minimum atomic E-state index is 0. The Labute approximate surface area is 189 Å². The molecule has 1 aromatic carbocycles. The molecule has 7 nitrogen and oxygen atoms in total. The van der Waals surface area contributed by atoms with Crippen molar-refractivity contribution in [2.24, 2.45) is 4.99 Å². The Morgan fingerprint density at radius 3 is 2.90 bits per heavy atom. The normalized spacial score (nSPS) is 16.1. The molecule has 1 unspecified atom stereocenters. The van der Waals surface area contributed by atoms with Crippen molar-refractivity contribution < 1.29 is 9.47 Å². The molecule has 29 heavy (non-hydrogen) atoms. The van der Waals surface area contributed by atoms with Gasteiger partial charge in [-0.15, -0.1) is 24.0 Å². The Morgan fingerprint density at radius 1 is 1.28 bits per heavy atom. The SMILES string of the molecule is CCNC(=NCCOc1cccnc1)NC1CCN(c2ccccc2OC)C1.I. The second-order valence-corrected chi connectivity index (χ2v) is 6.55. The monoisotopic (exact) mass is 511 g/mol. The molecule has 0 radical (unpaired) electrons. The van der Waals surface area contributed by atoms with Gasteiger partial charge in [0.05, 0.1) is 25.5 Å². The van der Waals surface area contributed by atoms with E-state index in [1.165, 1.54) is 0 Å². The molecule has 0 spiro atoms. The number of rotatable bonds is 8. The van der Waals surface area contributed by atoms with Gasteiger partial charge in [0.15, 0.2) is 5.96 Å². The Hall–Kier alpha value is -2.23. The van der Waals surface area contributed by atoms with Gasteiger partial charge in [0.2, 0.25) is 0 Å². The Bertz CT molecular complexity index is 760. The van der Waals surface area contributed by atoms with Gasteiger partial charge in [-0.25, -0.2) is 4.99 Å². The number of aromatic nitrogens is 1. The van der Waals surface area contributed by atoms with Crippen LogP contribution in [0.25, 0.3) is 0 Å². The fourth-order valence-corrected chi connectivity index (χ4v) is 3.25. The van der Waals surface area contributed by atoms with Crippen molar-refractivity contribution in [1.82, 2.24) is 15.6 Å². The highest BCUT2D eigenvalue weighted by molar-refractivity contribution is 14.0. The van der Waals surface area contributed by atoms with Crippen molar-refractivity contribution in [3.05, 3.63) is 48.8 Å². The first-order valence-electron chi connectivity index (χ1n) is 9.75. The predicted octanol–water partition coefficient (Wildman–Crippen LogP) is 2.92. The summed E-state index contributed by atoms with van der Waals surface area (Å²) in [6.07, 6.45) is 4.49. The van der Waals surface area contributed by atoms with Crippen LogP contribution in [0.4, 0.5) is 5.69 Å². The molecule has 0 bridgehead atoms. The van der Waals surface area contributed by atoms with Crippen molar-refractivity contribution in [2.45, 2.75) is 19.4 Å². The first-order valence-corrected chi connectivity index (χ1v) is 9.75. The minimum absolute atomic E-state index is 0. The summed E-state index contributed by atoms with van der Waals surface area (Å²) in [5, 5.41) is 6.85. The fraction of sp³-hybridized carbons (Fsp3) is 0.429. The number of para-hydroxylation sites is 2. The molecule has 1 fully saturated rings. The molecule has 1 saturated heterocycles. The highest BCUT2D eigenvalue weighted by Crippen LogP contribution is 2.30. The second kappa shape index (κ2) is 12.4. The third-order valence-corrected chi connectivity index (χ3v) is 4.56. The topological polar surface area (TPSA) is 71.0 Å². The number of nitrogens with one attached hydrogen (secondary N) is 2. The van der Waals surface area contributed by atoms with E-state index >= 15 is 0 Å². The standard InChI is InChI=1S/C21H29N5O2.HI/c1-3-23-21(24-12-14-28-18-7-6-11-22-15-18)25-17-10-13-26(16-17)19-8-4-5-9-20(19)27-2;/h4-9,11,15,17H,3,10,12-14,16H2,1-2H3,(H2,23,24,25);1H. The van der Waals surface area contributed by atoms with Crippen LogP contribution in [-0.2, 0) is 0 Å². The zero-order chi connectivity index (χ0) is 19.6. The average molecular weight is 511 g/mol. The van der Waals surface area contributed by atoms with Crippen molar-refractivity contribution in [3.63, 3.8) is 0 Å². The minimum Gasteiger partial charge on any atom is -0.495 e. The number of methoxy groups -OCH3 is 1. The van der Waals surface area contributed by atoms with E-state index < -0.39 is 0 Å². The van der Waals surface area contributed by atoms with Gasteiger partial charge in [0.25, 0.3) is 0 Å². The lowest BCUT2D eigenvalue weighted by atomic mass is 10.2. The highest BCUT2D eigenvalue weighted by atomic mass is 127. The molecule has 1 atom stereocenters. The van der Waals surface area contributed by atoms with E-state index in [0.29, 0.717) is 19.2 Å². The number of aliphatic imine (C=N–C) groups is 1. The van der Waals surface area contributed by atoms with Crippen LogP contribution in [0.1, 0.15) is 13.3 Å². The Morgan fingerprint density at radius 2 is 2.14 bits per heavy atom. The van der Waals surface area contributed by atoms with Crippen LogP contribution < -0.4 is 25.0 Å². The number of halogens is 1. The summed E-state index contributed by atoms with van der Waals surface area (Å²) in [7, 11) is 1.72. The zero-order valence-electron chi connectivity index (χ0n) is 17.0. The number of anilines is 1. The fourth-order valence-electron chi connectivity index (χ4n) is 3.25. The second-order valence-electron chi connectivity index (χ2n) is 6.55. The molecule has 3 rings (SSSR count). The number of ether oxygens (including phenoxy) is 2. The van der Waals surface area contributed by atoms with E-state index in [4.69, 9.17) is 9.47 Å². The van der Waals surface area contributed by atoms with Gasteiger partial charge < -0.3 is 25.0 Å². The number of hydrogen-bond acceptors (Lipinski definition) is 5. The van der Waals surface area contributed by atoms with Crippen LogP contribution in [0.3, 0.4) is 0 Å². The molecule has 1 aliphatic rings. The maximum Gasteiger partial charge on any atom is 0.191 e. The van der Waals surface area contributed by atoms with Crippen LogP contribution >= 0.6 is 24.0 Å². The van der Waals surface area contributed by atoms with Crippen molar-refractivity contribution >= 4 is 35.6 Å². The molecular formula is C21H30IN5O2. The van der Waals surface area contributed by atoms with Gasteiger partial charge in [0, 0.05) is 31.9 Å². The Kier molecular flexibility index (Phi) is 9.82. The van der Waals surface area contributed by atoms with E-state index in [1.807, 2.05) is 30.3 Å². The van der Waals surface area contributed by atoms with Crippen LogP contribution in [0.15, 0.2) is 53.8 Å². The first-order chi connectivity index (χ1) is 13.8. The lowest BCUT2D eigenvalue weighted by Gasteiger charge is -2.22. The quantitative estimate of drug-likeness (QED) is 0.246. The van der Waals surface area contributed by atoms with Gasteiger partial charge in [-0.05, 0) is 37.6 Å². The number of benzene rings is 1. The summed E-state index contributed by atoms with van der Waals surface area (Å²) < 4.78 is 11.2. The maximum atomic E-state index is 5.66. The molecule has 0 aliphatic carbocycles. The number of nitrogens with zero attached hydrogens (tertiary/aromatic N) is 3. The average Bonchev–Trinajstić information content (AvgIpc) is 3.20. The third-order valence-electron chi connectivity index (χ3n) is 4.56. The molecule has 2 aromatic rings. The van der Waals surface area contributed by atoms with Gasteiger partial charge in [-0.2, -0.15) is 0 Å². The van der Waals surface area contributed by atoms with E-state index in [-0.39, 0.29) is 24.0 Å². The predicted molar refractivity (Wildman–Crippen MR) is 128 cm³/mol. The van der Waals surface area contributed by atoms with E-state index in [0.717, 1.165) is 49.2 Å². The molecule has 0 amide bonds. The van der Waals surface area contributed by atoms with Crippen molar-refractivity contribution in [2.75, 3.05) is 44.8 Å². The van der Waals surface area contributed by atoms with E-state index in [1.54, 1.807) is 19.5 Å². The van der Waals surface area contributed by atoms with Gasteiger partial charge >= 0.3 is 0 Å². The molecule has 1 aliphatic heterocycles. The first kappa shape index (κ1) is 23.1. The Balaban J connectivity index is 0.00000300. The summed E-state index contributed by atoms with van der Waals surface area (Å²) in [4.78, 5) is 11.0. The lowest BCUT2D eigenvalue weighted by Crippen LogP contribution is -2.44. The maximum absolute atomic E-state index is 5.66. The molecule has 8 heteroatoms. The molecular weight excluding hydrogens is 481 g/mol. The summed E-state index contributed by atoms with van der Waals surface area (Å²) in [5.41, 5.74) is 1.14. The van der Waals surface area contributed by atoms with Crippen LogP contribution in [0, 0.1) is 0 Å². The summed E-state index contributed by atoms with van der Waals surface area (Å²) in [5.74, 6) is 2.50. The molecule has 2 N–H and O–H groups in total. The zero-order valence-corrected chi connectivity index (χ0v) is 19.3. The van der Waals surface area contributed by atoms with Crippen molar-refractivity contribution in [1.29, 1.82) is 0 Å². The largest absolute Gasteiger partial charge is 0.495 e.